The molecule has 0 aliphatic heterocycles. The van der Waals surface area contributed by atoms with Crippen LogP contribution in [0.1, 0.15) is 21.7 Å². The fourth-order valence-electron chi connectivity index (χ4n) is 1.92. The van der Waals surface area contributed by atoms with E-state index in [0.717, 1.165) is 0 Å². The summed E-state index contributed by atoms with van der Waals surface area (Å²) in [5.41, 5.74) is 6.24. The number of carbonyl (C=O) groups excluding carboxylic acids is 1. The first-order valence-electron chi connectivity index (χ1n) is 5.76. The van der Waals surface area contributed by atoms with Gasteiger partial charge in [0.15, 0.2) is 0 Å². The van der Waals surface area contributed by atoms with Gasteiger partial charge >= 0.3 is 0 Å². The van der Waals surface area contributed by atoms with Crippen molar-refractivity contribution in [3.05, 3.63) is 41.2 Å². The molecule has 0 unspecified atom stereocenters. The topological polar surface area (TPSA) is 118 Å². The molecule has 0 bridgehead atoms. The number of aryl methyl sites for hydroxylation is 2. The Morgan fingerprint density at radius 3 is 2.50 bits per heavy atom. The summed E-state index contributed by atoms with van der Waals surface area (Å²) in [6.07, 6.45) is 0. The quantitative estimate of drug-likeness (QED) is 0.777. The molecule has 20 heavy (non-hydrogen) atoms. The van der Waals surface area contributed by atoms with Crippen LogP contribution >= 0.6 is 0 Å². The van der Waals surface area contributed by atoms with Crippen molar-refractivity contribution in [3.63, 3.8) is 0 Å². The number of aromatic amines is 1. The normalized spacial score (nSPS) is 11.3. The highest BCUT2D eigenvalue weighted by atomic mass is 32.2. The summed E-state index contributed by atoms with van der Waals surface area (Å²) in [4.78, 5) is 11.4. The lowest BCUT2D eigenvalue weighted by Gasteiger charge is -2.10. The number of anilines is 1. The fraction of sp³-hybridized carbons (Fsp3) is 0.167. The minimum absolute atomic E-state index is 0.0665. The summed E-state index contributed by atoms with van der Waals surface area (Å²) >= 11 is 0. The molecule has 0 fully saturated rings. The summed E-state index contributed by atoms with van der Waals surface area (Å²) in [5.74, 6) is -0.705. The number of nitrogens with one attached hydrogen (secondary N) is 2. The van der Waals surface area contributed by atoms with E-state index in [1.54, 1.807) is 26.0 Å². The summed E-state index contributed by atoms with van der Waals surface area (Å²) in [6, 6.07) is 6.14. The molecule has 0 radical (unpaired) electrons. The molecule has 0 aliphatic rings. The lowest BCUT2D eigenvalue weighted by atomic mass is 10.2. The maximum atomic E-state index is 12.4. The zero-order valence-electron chi connectivity index (χ0n) is 11.0. The number of carbonyl (C=O) groups is 1. The van der Waals surface area contributed by atoms with Crippen LogP contribution in [0.4, 0.5) is 5.69 Å². The molecule has 1 aromatic carbocycles. The van der Waals surface area contributed by atoms with E-state index in [2.05, 4.69) is 14.9 Å². The maximum Gasteiger partial charge on any atom is 0.265 e. The maximum absolute atomic E-state index is 12.4. The van der Waals surface area contributed by atoms with E-state index in [-0.39, 0.29) is 16.1 Å². The van der Waals surface area contributed by atoms with Gasteiger partial charge in [0.2, 0.25) is 0 Å². The first kappa shape index (κ1) is 14.1. The van der Waals surface area contributed by atoms with Gasteiger partial charge in [0.05, 0.1) is 22.6 Å². The summed E-state index contributed by atoms with van der Waals surface area (Å²) in [7, 11) is -3.84. The van der Waals surface area contributed by atoms with Gasteiger partial charge in [-0.05, 0) is 26.0 Å². The number of hydrogen-bond donors (Lipinski definition) is 3. The molecule has 0 saturated heterocycles. The Hall–Kier alpha value is -2.35. The predicted octanol–water partition coefficient (Wildman–Crippen LogP) is 0.926. The molecule has 0 spiro atoms. The lowest BCUT2D eigenvalue weighted by molar-refractivity contribution is 0.100. The van der Waals surface area contributed by atoms with Crippen molar-refractivity contribution in [2.45, 2.75) is 18.7 Å². The van der Waals surface area contributed by atoms with Gasteiger partial charge in [-0.1, -0.05) is 12.1 Å². The van der Waals surface area contributed by atoms with Gasteiger partial charge in [-0.25, -0.2) is 8.42 Å². The number of hydrogen-bond acceptors (Lipinski definition) is 4. The molecule has 8 heteroatoms. The molecule has 7 nitrogen and oxygen atoms in total. The zero-order chi connectivity index (χ0) is 14.9. The van der Waals surface area contributed by atoms with Crippen LogP contribution < -0.4 is 10.5 Å². The Morgan fingerprint density at radius 2 is 1.95 bits per heavy atom. The van der Waals surface area contributed by atoms with E-state index >= 15 is 0 Å². The molecule has 2 aromatic rings. The van der Waals surface area contributed by atoms with Crippen molar-refractivity contribution in [2.24, 2.45) is 5.73 Å². The van der Waals surface area contributed by atoms with Crippen LogP contribution in [0.5, 0.6) is 0 Å². The van der Waals surface area contributed by atoms with Gasteiger partial charge in [0.1, 0.15) is 4.90 Å². The number of benzene rings is 1. The monoisotopic (exact) mass is 294 g/mol. The number of nitrogens with two attached hydrogens (primary N) is 1. The van der Waals surface area contributed by atoms with Crippen LogP contribution in [0.2, 0.25) is 0 Å². The standard InChI is InChI=1S/C12H14N4O3S/c1-7-11(8(2)15-14-7)20(18,19)16-10-6-4-3-5-9(10)12(13)17/h3-6,16H,1-2H3,(H2,13,17)(H,14,15). The highest BCUT2D eigenvalue weighted by Gasteiger charge is 2.23. The molecule has 106 valence electrons. The lowest BCUT2D eigenvalue weighted by Crippen LogP contribution is -2.19. The Balaban J connectivity index is 2.47. The first-order valence-corrected chi connectivity index (χ1v) is 7.24. The van der Waals surface area contributed by atoms with Gasteiger partial charge in [0.25, 0.3) is 15.9 Å². The summed E-state index contributed by atoms with van der Waals surface area (Å²) < 4.78 is 27.1. The predicted molar refractivity (Wildman–Crippen MR) is 73.8 cm³/mol. The average Bonchev–Trinajstić information content (AvgIpc) is 2.69. The van der Waals surface area contributed by atoms with Gasteiger partial charge in [-0.3, -0.25) is 14.6 Å². The van der Waals surface area contributed by atoms with Crippen LogP contribution in [0.15, 0.2) is 29.2 Å². The van der Waals surface area contributed by atoms with Crippen molar-refractivity contribution in [1.82, 2.24) is 10.2 Å². The fourth-order valence-corrected chi connectivity index (χ4v) is 3.37. The van der Waals surface area contributed by atoms with Crippen LogP contribution in [0.3, 0.4) is 0 Å². The van der Waals surface area contributed by atoms with Crippen molar-refractivity contribution in [1.29, 1.82) is 0 Å². The van der Waals surface area contributed by atoms with E-state index in [9.17, 15) is 13.2 Å². The Morgan fingerprint density at radius 1 is 1.30 bits per heavy atom. The molecular weight excluding hydrogens is 280 g/mol. The third-order valence-electron chi connectivity index (χ3n) is 2.77. The summed E-state index contributed by atoms with van der Waals surface area (Å²) in [5, 5.41) is 6.45. The van der Waals surface area contributed by atoms with E-state index in [1.807, 2.05) is 0 Å². The minimum atomic E-state index is -3.84. The number of primary amides is 1. The molecule has 0 saturated carbocycles. The number of para-hydroxylation sites is 1. The largest absolute Gasteiger partial charge is 0.366 e. The molecule has 4 N–H and O–H groups in total. The highest BCUT2D eigenvalue weighted by Crippen LogP contribution is 2.22. The Kier molecular flexibility index (Phi) is 3.49. The molecule has 1 heterocycles. The average molecular weight is 294 g/mol. The highest BCUT2D eigenvalue weighted by molar-refractivity contribution is 7.92. The number of rotatable bonds is 4. The van der Waals surface area contributed by atoms with Crippen molar-refractivity contribution < 1.29 is 13.2 Å². The van der Waals surface area contributed by atoms with Crippen molar-refractivity contribution in [2.75, 3.05) is 4.72 Å². The Labute approximate surface area is 116 Å². The third kappa shape index (κ3) is 2.50. The van der Waals surface area contributed by atoms with Crippen LogP contribution in [0, 0.1) is 13.8 Å². The molecular formula is C12H14N4O3S. The van der Waals surface area contributed by atoms with E-state index in [1.165, 1.54) is 12.1 Å². The number of amides is 1. The van der Waals surface area contributed by atoms with Crippen molar-refractivity contribution in [3.8, 4) is 0 Å². The Bertz CT molecular complexity index is 745. The minimum Gasteiger partial charge on any atom is -0.366 e. The molecule has 2 rings (SSSR count). The van der Waals surface area contributed by atoms with Crippen molar-refractivity contribution >= 4 is 21.6 Å². The molecule has 1 amide bonds. The molecule has 0 aliphatic carbocycles. The zero-order valence-corrected chi connectivity index (χ0v) is 11.8. The van der Waals surface area contributed by atoms with E-state index < -0.39 is 15.9 Å². The number of aromatic nitrogens is 2. The van der Waals surface area contributed by atoms with Gasteiger partial charge in [0, 0.05) is 0 Å². The van der Waals surface area contributed by atoms with E-state index in [4.69, 9.17) is 5.73 Å². The second-order valence-corrected chi connectivity index (χ2v) is 5.90. The number of H-pyrrole nitrogens is 1. The van der Waals surface area contributed by atoms with Gasteiger partial charge < -0.3 is 5.73 Å². The second-order valence-electron chi connectivity index (χ2n) is 4.28. The second kappa shape index (κ2) is 4.97. The van der Waals surface area contributed by atoms with Gasteiger partial charge in [-0.2, -0.15) is 5.10 Å². The van der Waals surface area contributed by atoms with Crippen LogP contribution in [-0.2, 0) is 10.0 Å². The molecule has 1 aromatic heterocycles. The van der Waals surface area contributed by atoms with E-state index in [0.29, 0.717) is 11.4 Å². The smallest absolute Gasteiger partial charge is 0.265 e. The van der Waals surface area contributed by atoms with Crippen LogP contribution in [0.25, 0.3) is 0 Å². The number of nitrogens with zero attached hydrogens (tertiary/aromatic N) is 1. The third-order valence-corrected chi connectivity index (χ3v) is 4.39. The number of sulfonamides is 1. The SMILES string of the molecule is Cc1n[nH]c(C)c1S(=O)(=O)Nc1ccccc1C(N)=O. The summed E-state index contributed by atoms with van der Waals surface area (Å²) in [6.45, 7) is 3.19. The van der Waals surface area contributed by atoms with Crippen LogP contribution in [-0.4, -0.2) is 24.5 Å². The van der Waals surface area contributed by atoms with Gasteiger partial charge in [-0.15, -0.1) is 0 Å². The first-order chi connectivity index (χ1) is 9.33. The molecule has 0 atom stereocenters.